The molecule has 20 heavy (non-hydrogen) atoms. The molecule has 0 aromatic heterocycles. The molecule has 0 aliphatic carbocycles. The van der Waals surface area contributed by atoms with Gasteiger partial charge in [0.05, 0.1) is 16.4 Å². The van der Waals surface area contributed by atoms with Gasteiger partial charge in [-0.05, 0) is 31.5 Å². The van der Waals surface area contributed by atoms with Crippen molar-refractivity contribution >= 4 is 38.8 Å². The minimum atomic E-state index is -3.56. The zero-order valence-electron chi connectivity index (χ0n) is 10.8. The predicted molar refractivity (Wildman–Crippen MR) is 78.4 cm³/mol. The molecular formula is C13H14Cl2O4S. The number of carbonyl (C=O) groups is 1. The van der Waals surface area contributed by atoms with E-state index in [4.69, 9.17) is 27.9 Å². The van der Waals surface area contributed by atoms with Crippen molar-refractivity contribution in [3.05, 3.63) is 33.8 Å². The predicted octanol–water partition coefficient (Wildman–Crippen LogP) is 2.77. The van der Waals surface area contributed by atoms with Gasteiger partial charge in [-0.25, -0.2) is 8.42 Å². The van der Waals surface area contributed by atoms with E-state index in [-0.39, 0.29) is 16.7 Å². The monoisotopic (exact) mass is 336 g/mol. The maximum absolute atomic E-state index is 12.2. The fraction of sp³-hybridized carbons (Fsp3) is 0.462. The zero-order chi connectivity index (χ0) is 14.9. The first kappa shape index (κ1) is 15.8. The average molecular weight is 337 g/mol. The lowest BCUT2D eigenvalue weighted by Gasteiger charge is -2.14. The Morgan fingerprint density at radius 1 is 1.40 bits per heavy atom. The lowest BCUT2D eigenvalue weighted by atomic mass is 10.1. The van der Waals surface area contributed by atoms with E-state index in [2.05, 4.69) is 0 Å². The Labute approximate surface area is 127 Å². The molecule has 2 atom stereocenters. The van der Waals surface area contributed by atoms with Crippen LogP contribution >= 0.6 is 23.2 Å². The standard InChI is InChI=1S/C13H14Cl2O4S/c1-8-13(4-5-19-8)20(17,18)7-12(16)10-6-9(14)2-3-11(10)15/h2-3,6,8,13H,4-5,7H2,1H3. The fourth-order valence-electron chi connectivity index (χ4n) is 2.26. The maximum Gasteiger partial charge on any atom is 0.179 e. The van der Waals surface area contributed by atoms with Crippen LogP contribution in [0.25, 0.3) is 0 Å². The molecule has 0 bridgehead atoms. The van der Waals surface area contributed by atoms with Gasteiger partial charge in [-0.3, -0.25) is 4.79 Å². The Bertz CT molecular complexity index is 627. The van der Waals surface area contributed by atoms with Crippen molar-refractivity contribution in [2.45, 2.75) is 24.7 Å². The average Bonchev–Trinajstić information content (AvgIpc) is 2.79. The number of ether oxygens (including phenoxy) is 1. The van der Waals surface area contributed by atoms with Gasteiger partial charge in [0.2, 0.25) is 0 Å². The normalized spacial score (nSPS) is 22.9. The molecule has 0 saturated carbocycles. The summed E-state index contributed by atoms with van der Waals surface area (Å²) in [5.41, 5.74) is 0.134. The molecule has 2 rings (SSSR count). The summed E-state index contributed by atoms with van der Waals surface area (Å²) >= 11 is 11.7. The highest BCUT2D eigenvalue weighted by Crippen LogP contribution is 2.25. The van der Waals surface area contributed by atoms with Gasteiger partial charge >= 0.3 is 0 Å². The van der Waals surface area contributed by atoms with Gasteiger partial charge in [0.15, 0.2) is 15.6 Å². The van der Waals surface area contributed by atoms with E-state index in [9.17, 15) is 13.2 Å². The molecule has 1 aromatic rings. The maximum atomic E-state index is 12.2. The summed E-state index contributed by atoms with van der Waals surface area (Å²) in [6, 6.07) is 4.41. The number of hydrogen-bond donors (Lipinski definition) is 0. The van der Waals surface area contributed by atoms with Crippen LogP contribution in [-0.4, -0.2) is 37.9 Å². The molecule has 1 aromatic carbocycles. The molecule has 0 N–H and O–H groups in total. The Morgan fingerprint density at radius 2 is 2.10 bits per heavy atom. The first-order valence-corrected chi connectivity index (χ1v) is 8.60. The van der Waals surface area contributed by atoms with Crippen molar-refractivity contribution in [3.8, 4) is 0 Å². The van der Waals surface area contributed by atoms with Gasteiger partial charge in [0.25, 0.3) is 0 Å². The van der Waals surface area contributed by atoms with Crippen LogP contribution in [0.2, 0.25) is 10.0 Å². The van der Waals surface area contributed by atoms with Crippen LogP contribution in [0, 0.1) is 0 Å². The van der Waals surface area contributed by atoms with E-state index >= 15 is 0 Å². The first-order chi connectivity index (χ1) is 9.31. The molecule has 1 aliphatic rings. The van der Waals surface area contributed by atoms with Crippen LogP contribution in [0.5, 0.6) is 0 Å². The molecule has 0 amide bonds. The summed E-state index contributed by atoms with van der Waals surface area (Å²) < 4.78 is 29.7. The van der Waals surface area contributed by atoms with Gasteiger partial charge in [-0.2, -0.15) is 0 Å². The fourth-order valence-corrected chi connectivity index (χ4v) is 4.51. The third-order valence-corrected chi connectivity index (χ3v) is 6.10. The van der Waals surface area contributed by atoms with Crippen LogP contribution in [-0.2, 0) is 14.6 Å². The topological polar surface area (TPSA) is 60.4 Å². The van der Waals surface area contributed by atoms with Gasteiger partial charge in [0, 0.05) is 17.2 Å². The molecule has 1 fully saturated rings. The SMILES string of the molecule is CC1OCCC1S(=O)(=O)CC(=O)c1cc(Cl)ccc1Cl. The molecule has 4 nitrogen and oxygen atoms in total. The van der Waals surface area contributed by atoms with Crippen molar-refractivity contribution in [2.75, 3.05) is 12.4 Å². The first-order valence-electron chi connectivity index (χ1n) is 6.12. The largest absolute Gasteiger partial charge is 0.377 e. The second-order valence-electron chi connectivity index (χ2n) is 4.76. The van der Waals surface area contributed by atoms with Crippen LogP contribution in [0.1, 0.15) is 23.7 Å². The van der Waals surface area contributed by atoms with E-state index in [0.717, 1.165) is 0 Å². The van der Waals surface area contributed by atoms with Crippen molar-refractivity contribution in [1.29, 1.82) is 0 Å². The van der Waals surface area contributed by atoms with Crippen molar-refractivity contribution in [2.24, 2.45) is 0 Å². The smallest absolute Gasteiger partial charge is 0.179 e. The molecule has 1 saturated heterocycles. The molecule has 0 radical (unpaired) electrons. The van der Waals surface area contributed by atoms with E-state index in [1.807, 2.05) is 0 Å². The molecule has 2 unspecified atom stereocenters. The Hall–Kier alpha value is -0.620. The van der Waals surface area contributed by atoms with Crippen molar-refractivity contribution in [3.63, 3.8) is 0 Å². The number of Topliss-reactive ketones (excluding diaryl/α,β-unsaturated/α-hetero) is 1. The number of rotatable bonds is 4. The lowest BCUT2D eigenvalue weighted by Crippen LogP contribution is -2.32. The third kappa shape index (κ3) is 3.34. The number of ketones is 1. The minimum absolute atomic E-state index is 0.134. The summed E-state index contributed by atoms with van der Waals surface area (Å²) in [7, 11) is -3.56. The number of hydrogen-bond acceptors (Lipinski definition) is 4. The van der Waals surface area contributed by atoms with Gasteiger partial charge in [0.1, 0.15) is 5.75 Å². The molecule has 1 heterocycles. The summed E-state index contributed by atoms with van der Waals surface area (Å²) in [6.07, 6.45) is 0.0303. The van der Waals surface area contributed by atoms with Crippen molar-refractivity contribution in [1.82, 2.24) is 0 Å². The summed E-state index contributed by atoms with van der Waals surface area (Å²) in [5, 5.41) is -0.0950. The summed E-state index contributed by atoms with van der Waals surface area (Å²) in [4.78, 5) is 12.1. The molecular weight excluding hydrogens is 323 g/mol. The Kier molecular flexibility index (Phi) is 4.74. The lowest BCUT2D eigenvalue weighted by molar-refractivity contribution is 0.102. The van der Waals surface area contributed by atoms with E-state index in [1.165, 1.54) is 12.1 Å². The van der Waals surface area contributed by atoms with Crippen LogP contribution in [0.15, 0.2) is 18.2 Å². The van der Waals surface area contributed by atoms with Crippen LogP contribution in [0.3, 0.4) is 0 Å². The Morgan fingerprint density at radius 3 is 2.70 bits per heavy atom. The quantitative estimate of drug-likeness (QED) is 0.793. The van der Waals surface area contributed by atoms with Gasteiger partial charge in [-0.1, -0.05) is 23.2 Å². The third-order valence-electron chi connectivity index (χ3n) is 3.33. The summed E-state index contributed by atoms with van der Waals surface area (Å²) in [6.45, 7) is 2.10. The summed E-state index contributed by atoms with van der Waals surface area (Å²) in [5.74, 6) is -1.12. The highest BCUT2D eigenvalue weighted by molar-refractivity contribution is 7.92. The molecule has 110 valence electrons. The van der Waals surface area contributed by atoms with Crippen LogP contribution in [0.4, 0.5) is 0 Å². The number of carbonyl (C=O) groups excluding carboxylic acids is 1. The van der Waals surface area contributed by atoms with Gasteiger partial charge < -0.3 is 4.74 Å². The highest BCUT2D eigenvalue weighted by atomic mass is 35.5. The van der Waals surface area contributed by atoms with E-state index in [1.54, 1.807) is 13.0 Å². The second kappa shape index (κ2) is 6.02. The van der Waals surface area contributed by atoms with E-state index < -0.39 is 26.6 Å². The van der Waals surface area contributed by atoms with Crippen LogP contribution < -0.4 is 0 Å². The molecule has 1 aliphatic heterocycles. The van der Waals surface area contributed by atoms with Gasteiger partial charge in [-0.15, -0.1) is 0 Å². The highest BCUT2D eigenvalue weighted by Gasteiger charge is 2.37. The number of sulfone groups is 1. The number of halogens is 2. The number of benzene rings is 1. The minimum Gasteiger partial charge on any atom is -0.377 e. The second-order valence-corrected chi connectivity index (χ2v) is 7.82. The zero-order valence-corrected chi connectivity index (χ0v) is 13.1. The molecule has 7 heteroatoms. The molecule has 0 spiro atoms. The Balaban J connectivity index is 2.21. The van der Waals surface area contributed by atoms with Crippen molar-refractivity contribution < 1.29 is 17.9 Å². The van der Waals surface area contributed by atoms with E-state index in [0.29, 0.717) is 18.1 Å².